The second-order valence-corrected chi connectivity index (χ2v) is 3.35. The first kappa shape index (κ1) is 19.6. The zero-order valence-corrected chi connectivity index (χ0v) is 12.8. The van der Waals surface area contributed by atoms with Crippen LogP contribution in [0.3, 0.4) is 0 Å². The van der Waals surface area contributed by atoms with Gasteiger partial charge in [0.1, 0.15) is 0 Å². The van der Waals surface area contributed by atoms with Crippen molar-refractivity contribution in [2.45, 2.75) is 6.92 Å². The molecule has 0 saturated carbocycles. The van der Waals surface area contributed by atoms with E-state index < -0.39 is 5.97 Å². The summed E-state index contributed by atoms with van der Waals surface area (Å²) in [4.78, 5) is 10.1. The van der Waals surface area contributed by atoms with Gasteiger partial charge in [0.15, 0.2) is 0 Å². The molecule has 0 aromatic heterocycles. The highest BCUT2D eigenvalue weighted by molar-refractivity contribution is 5.79. The summed E-state index contributed by atoms with van der Waals surface area (Å²) in [6.07, 6.45) is 9.96. The molecular formula is C22H10O2. The summed E-state index contributed by atoms with van der Waals surface area (Å²) in [6, 6.07) is 0. The molecule has 0 aromatic rings. The summed E-state index contributed by atoms with van der Waals surface area (Å²) in [7, 11) is 0. The van der Waals surface area contributed by atoms with E-state index in [0.717, 1.165) is 6.08 Å². The fourth-order valence-corrected chi connectivity index (χ4v) is 0.803. The van der Waals surface area contributed by atoms with Gasteiger partial charge in [-0.15, -0.1) is 0 Å². The van der Waals surface area contributed by atoms with Crippen LogP contribution in [-0.4, -0.2) is 11.1 Å². The van der Waals surface area contributed by atoms with E-state index in [1.54, 1.807) is 6.08 Å². The average molecular weight is 306 g/mol. The molecule has 0 spiro atoms. The fraction of sp³-hybridized carbons (Fsp3) is 0.0455. The van der Waals surface area contributed by atoms with Crippen molar-refractivity contribution in [2.24, 2.45) is 0 Å². The molecule has 0 atom stereocenters. The predicted molar refractivity (Wildman–Crippen MR) is 89.9 cm³/mol. The number of allylic oxidation sites excluding steroid dienone is 5. The molecule has 110 valence electrons. The fourth-order valence-electron chi connectivity index (χ4n) is 0.803. The summed E-state index contributed by atoms with van der Waals surface area (Å²) >= 11 is 0. The van der Waals surface area contributed by atoms with Crippen molar-refractivity contribution in [1.82, 2.24) is 0 Å². The largest absolute Gasteiger partial charge is 0.478 e. The van der Waals surface area contributed by atoms with E-state index in [9.17, 15) is 4.79 Å². The number of hydrogen-bond donors (Lipinski definition) is 1. The highest BCUT2D eigenvalue weighted by Crippen LogP contribution is 1.76. The first-order chi connectivity index (χ1) is 11.8. The van der Waals surface area contributed by atoms with Gasteiger partial charge >= 0.3 is 5.97 Å². The van der Waals surface area contributed by atoms with Gasteiger partial charge in [-0.3, -0.25) is 0 Å². The van der Waals surface area contributed by atoms with Crippen LogP contribution in [0.5, 0.6) is 0 Å². The second kappa shape index (κ2) is 16.7. The van der Waals surface area contributed by atoms with Gasteiger partial charge in [0, 0.05) is 0 Å². The smallest absolute Gasteiger partial charge is 0.336 e. The highest BCUT2D eigenvalue weighted by atomic mass is 16.4. The Kier molecular flexibility index (Phi) is 13.6. The van der Waals surface area contributed by atoms with Crippen molar-refractivity contribution in [3.63, 3.8) is 0 Å². The lowest BCUT2D eigenvalue weighted by atomic mass is 10.4. The van der Waals surface area contributed by atoms with Crippen LogP contribution < -0.4 is 0 Å². The topological polar surface area (TPSA) is 37.3 Å². The first-order valence-electron chi connectivity index (χ1n) is 6.45. The van der Waals surface area contributed by atoms with Crippen LogP contribution in [0.4, 0.5) is 0 Å². The molecule has 0 aliphatic heterocycles. The van der Waals surface area contributed by atoms with E-state index >= 15 is 0 Å². The molecule has 2 nitrogen and oxygen atoms in total. The third-order valence-electron chi connectivity index (χ3n) is 1.62. The van der Waals surface area contributed by atoms with Gasteiger partial charge in [0.25, 0.3) is 0 Å². The summed E-state index contributed by atoms with van der Waals surface area (Å²) in [5.74, 6) is -1.12. The number of carbonyl (C=O) groups is 1. The van der Waals surface area contributed by atoms with E-state index in [1.165, 1.54) is 0 Å². The molecule has 0 radical (unpaired) electrons. The monoisotopic (exact) mass is 306 g/mol. The van der Waals surface area contributed by atoms with Gasteiger partial charge in [0.05, 0.1) is 6.08 Å². The van der Waals surface area contributed by atoms with Crippen molar-refractivity contribution in [3.05, 3.63) is 117 Å². The third-order valence-corrected chi connectivity index (χ3v) is 1.62. The van der Waals surface area contributed by atoms with Crippen LogP contribution >= 0.6 is 0 Å². The van der Waals surface area contributed by atoms with Crippen molar-refractivity contribution >= 4 is 5.97 Å². The van der Waals surface area contributed by atoms with Gasteiger partial charge in [-0.2, -0.15) is 0 Å². The molecule has 0 unspecified atom stereocenters. The van der Waals surface area contributed by atoms with Gasteiger partial charge in [-0.1, -0.05) is 35.8 Å². The van der Waals surface area contributed by atoms with Crippen molar-refractivity contribution in [1.29, 1.82) is 0 Å². The van der Waals surface area contributed by atoms with Crippen LogP contribution in [0.1, 0.15) is 6.92 Å². The summed E-state index contributed by atoms with van der Waals surface area (Å²) in [6.45, 7) is 1.93. The number of aliphatic carboxylic acids is 1. The van der Waals surface area contributed by atoms with Crippen LogP contribution in [0.15, 0.2) is 117 Å². The lowest BCUT2D eigenvalue weighted by Crippen LogP contribution is -1.82. The van der Waals surface area contributed by atoms with E-state index in [1.807, 2.05) is 31.2 Å². The van der Waals surface area contributed by atoms with Crippen molar-refractivity contribution in [2.75, 3.05) is 0 Å². The molecule has 0 aromatic carbocycles. The van der Waals surface area contributed by atoms with Gasteiger partial charge < -0.3 is 5.11 Å². The van der Waals surface area contributed by atoms with Crippen LogP contribution in [-0.2, 0) is 4.79 Å². The SMILES string of the molecule is CC=CC=CC=C=C=C=C=C=C=C=C=C=C=C=C=C=C=CC(=O)O. The first-order valence-corrected chi connectivity index (χ1v) is 6.45. The van der Waals surface area contributed by atoms with Crippen LogP contribution in [0.2, 0.25) is 0 Å². The Morgan fingerprint density at radius 1 is 0.667 bits per heavy atom. The van der Waals surface area contributed by atoms with Crippen LogP contribution in [0.25, 0.3) is 0 Å². The van der Waals surface area contributed by atoms with Gasteiger partial charge in [-0.25, -0.2) is 4.79 Å². The maximum atomic E-state index is 10.1. The molecule has 0 heterocycles. The molecule has 0 bridgehead atoms. The quantitative estimate of drug-likeness (QED) is 0.487. The normalized spacial score (nSPS) is 6.71. The molecule has 2 heteroatoms. The Hall–Kier alpha value is -4.39. The average Bonchev–Trinajstić information content (AvgIpc) is 2.56. The molecule has 0 aliphatic rings. The summed E-state index contributed by atoms with van der Waals surface area (Å²) in [5.41, 5.74) is 34.5. The molecule has 0 fully saturated rings. The van der Waals surface area contributed by atoms with Crippen LogP contribution in [0, 0.1) is 0 Å². The molecule has 24 heavy (non-hydrogen) atoms. The minimum absolute atomic E-state index is 0.793. The standard InChI is InChI=1S/C22H10O2/c1-2-3-4-5-6-7-8-9-10-11-12-13-14-15-16-17-18-19-20-21-22(23)24/h2-6,21H,1H3,(H,23,24). The zero-order valence-electron chi connectivity index (χ0n) is 12.8. The van der Waals surface area contributed by atoms with Crippen molar-refractivity contribution < 1.29 is 9.90 Å². The zero-order chi connectivity index (χ0) is 17.7. The predicted octanol–water partition coefficient (Wildman–Crippen LogP) is 3.93. The highest BCUT2D eigenvalue weighted by Gasteiger charge is 1.77. The van der Waals surface area contributed by atoms with E-state index in [2.05, 4.69) is 80.2 Å². The minimum Gasteiger partial charge on any atom is -0.478 e. The third kappa shape index (κ3) is 17.6. The van der Waals surface area contributed by atoms with Gasteiger partial charge in [0.2, 0.25) is 0 Å². The number of carboxylic acid groups (broad SMARTS) is 1. The lowest BCUT2D eigenvalue weighted by molar-refractivity contribution is -0.131. The molecule has 1 N–H and O–H groups in total. The minimum atomic E-state index is -1.12. The van der Waals surface area contributed by atoms with E-state index in [-0.39, 0.29) is 0 Å². The Balaban J connectivity index is 5.38. The van der Waals surface area contributed by atoms with Crippen molar-refractivity contribution in [3.8, 4) is 0 Å². The maximum absolute atomic E-state index is 10.1. The Morgan fingerprint density at radius 2 is 1.12 bits per heavy atom. The molecule has 0 amide bonds. The molecule has 0 aliphatic carbocycles. The van der Waals surface area contributed by atoms with E-state index in [0.29, 0.717) is 0 Å². The molecule has 0 saturated heterocycles. The Bertz CT molecular complexity index is 1070. The number of hydrogen-bond acceptors (Lipinski definition) is 1. The molecular weight excluding hydrogens is 296 g/mol. The number of rotatable bonds is 3. The Labute approximate surface area is 140 Å². The number of carboxylic acids is 1. The summed E-state index contributed by atoms with van der Waals surface area (Å²) in [5, 5.41) is 8.27. The maximum Gasteiger partial charge on any atom is 0.336 e. The lowest BCUT2D eigenvalue weighted by Gasteiger charge is -1.65. The van der Waals surface area contributed by atoms with E-state index in [4.69, 9.17) is 5.11 Å². The molecule has 0 rings (SSSR count). The van der Waals surface area contributed by atoms with Gasteiger partial charge in [-0.05, 0) is 81.8 Å². The Morgan fingerprint density at radius 3 is 1.58 bits per heavy atom. The summed E-state index contributed by atoms with van der Waals surface area (Å²) < 4.78 is 0. The second-order valence-electron chi connectivity index (χ2n) is 3.35.